The lowest BCUT2D eigenvalue weighted by Crippen LogP contribution is -2.29. The summed E-state index contributed by atoms with van der Waals surface area (Å²) in [4.78, 5) is 24.5. The molecule has 0 spiro atoms. The van der Waals surface area contributed by atoms with Crippen LogP contribution in [0.15, 0.2) is 53.4 Å². The quantitative estimate of drug-likeness (QED) is 0.846. The average Bonchev–Trinajstić information content (AvgIpc) is 2.55. The molecule has 0 saturated heterocycles. The zero-order chi connectivity index (χ0) is 16.8. The van der Waals surface area contributed by atoms with Crippen molar-refractivity contribution in [2.75, 3.05) is 16.9 Å². The normalized spacial score (nSPS) is 11.6. The van der Waals surface area contributed by atoms with Crippen LogP contribution in [0.3, 0.4) is 0 Å². The molecule has 23 heavy (non-hydrogen) atoms. The molecule has 0 aromatic heterocycles. The number of nitrogens with one attached hydrogen (secondary N) is 2. The van der Waals surface area contributed by atoms with E-state index in [0.29, 0.717) is 16.3 Å². The van der Waals surface area contributed by atoms with Gasteiger partial charge in [0, 0.05) is 33.3 Å². The fourth-order valence-electron chi connectivity index (χ4n) is 2.00. The van der Waals surface area contributed by atoms with Gasteiger partial charge >= 0.3 is 11.8 Å². The Balaban J connectivity index is 2.03. The van der Waals surface area contributed by atoms with Crippen molar-refractivity contribution < 1.29 is 13.8 Å². The topological polar surface area (TPSA) is 75.3 Å². The summed E-state index contributed by atoms with van der Waals surface area (Å²) in [5.41, 5.74) is 2.08. The fraction of sp³-hybridized carbons (Fsp3) is 0.176. The van der Waals surface area contributed by atoms with Gasteiger partial charge in [-0.15, -0.1) is 0 Å². The van der Waals surface area contributed by atoms with Crippen molar-refractivity contribution in [1.82, 2.24) is 0 Å². The maximum Gasteiger partial charge on any atom is 0.314 e. The highest BCUT2D eigenvalue weighted by atomic mass is 32.2. The Morgan fingerprint density at radius 1 is 0.957 bits per heavy atom. The van der Waals surface area contributed by atoms with Crippen LogP contribution < -0.4 is 10.6 Å². The molecule has 2 rings (SSSR count). The van der Waals surface area contributed by atoms with Gasteiger partial charge < -0.3 is 10.6 Å². The average molecular weight is 330 g/mol. The molecule has 0 unspecified atom stereocenters. The summed E-state index contributed by atoms with van der Waals surface area (Å²) >= 11 is 0. The predicted octanol–water partition coefficient (Wildman–Crippen LogP) is 2.56. The lowest BCUT2D eigenvalue weighted by Gasteiger charge is -2.08. The predicted molar refractivity (Wildman–Crippen MR) is 91.9 cm³/mol. The third-order valence-corrected chi connectivity index (χ3v) is 4.14. The molecular weight excluding hydrogens is 312 g/mol. The van der Waals surface area contributed by atoms with Gasteiger partial charge in [0.25, 0.3) is 0 Å². The standard InChI is InChI=1S/C17H18N2O3S/c1-3-12-6-4-7-13(10-12)18-16(20)17(21)19-14-8-5-9-15(11-14)23(2)22/h4-11H,3H2,1-2H3,(H,18,20)(H,19,21)/t23-/m0/s1. The highest BCUT2D eigenvalue weighted by Crippen LogP contribution is 2.14. The van der Waals surface area contributed by atoms with Gasteiger partial charge in [-0.2, -0.15) is 0 Å². The lowest BCUT2D eigenvalue weighted by atomic mass is 10.1. The summed E-state index contributed by atoms with van der Waals surface area (Å²) in [6, 6.07) is 13.9. The first-order valence-corrected chi connectivity index (χ1v) is 8.70. The van der Waals surface area contributed by atoms with Crippen molar-refractivity contribution in [3.63, 3.8) is 0 Å². The number of carbonyl (C=O) groups is 2. The zero-order valence-corrected chi connectivity index (χ0v) is 13.8. The largest absolute Gasteiger partial charge is 0.318 e. The van der Waals surface area contributed by atoms with Crippen LogP contribution in [0.2, 0.25) is 0 Å². The molecule has 5 nitrogen and oxygen atoms in total. The number of carbonyl (C=O) groups excluding carboxylic acids is 2. The maximum atomic E-state index is 12.0. The van der Waals surface area contributed by atoms with Crippen LogP contribution in [0.1, 0.15) is 12.5 Å². The summed E-state index contributed by atoms with van der Waals surface area (Å²) in [5, 5.41) is 5.06. The highest BCUT2D eigenvalue weighted by Gasteiger charge is 2.14. The Labute approximate surface area is 137 Å². The molecule has 0 saturated carbocycles. The van der Waals surface area contributed by atoms with E-state index >= 15 is 0 Å². The third-order valence-electron chi connectivity index (χ3n) is 3.22. The van der Waals surface area contributed by atoms with Crippen molar-refractivity contribution in [2.24, 2.45) is 0 Å². The van der Waals surface area contributed by atoms with Crippen molar-refractivity contribution in [3.8, 4) is 0 Å². The van der Waals surface area contributed by atoms with Gasteiger partial charge in [0.05, 0.1) is 0 Å². The van der Waals surface area contributed by atoms with E-state index < -0.39 is 22.6 Å². The molecule has 2 aromatic carbocycles. The molecule has 1 atom stereocenters. The molecular formula is C17H18N2O3S. The van der Waals surface area contributed by atoms with Gasteiger partial charge in [-0.25, -0.2) is 0 Å². The Bertz CT molecular complexity index is 759. The van der Waals surface area contributed by atoms with E-state index in [1.165, 1.54) is 0 Å². The highest BCUT2D eigenvalue weighted by molar-refractivity contribution is 7.84. The molecule has 0 fully saturated rings. The minimum atomic E-state index is -1.15. The number of hydrogen-bond donors (Lipinski definition) is 2. The van der Waals surface area contributed by atoms with Gasteiger partial charge in [0.15, 0.2) is 0 Å². The number of aryl methyl sites for hydroxylation is 1. The molecule has 2 N–H and O–H groups in total. The van der Waals surface area contributed by atoms with E-state index in [1.807, 2.05) is 25.1 Å². The molecule has 0 aliphatic carbocycles. The van der Waals surface area contributed by atoms with Crippen LogP contribution in [0.5, 0.6) is 0 Å². The second-order valence-corrected chi connectivity index (χ2v) is 6.32. The van der Waals surface area contributed by atoms with E-state index in [4.69, 9.17) is 0 Å². The number of rotatable bonds is 4. The first-order chi connectivity index (χ1) is 11.0. The molecule has 0 bridgehead atoms. The van der Waals surface area contributed by atoms with Crippen LogP contribution in [0, 0.1) is 0 Å². The summed E-state index contributed by atoms with van der Waals surface area (Å²) < 4.78 is 11.4. The Hall–Kier alpha value is -2.47. The number of benzene rings is 2. The Morgan fingerprint density at radius 3 is 2.09 bits per heavy atom. The Morgan fingerprint density at radius 2 is 1.52 bits per heavy atom. The van der Waals surface area contributed by atoms with Gasteiger partial charge in [0.1, 0.15) is 0 Å². The minimum Gasteiger partial charge on any atom is -0.318 e. The first kappa shape index (κ1) is 16.9. The second-order valence-electron chi connectivity index (χ2n) is 4.94. The maximum absolute atomic E-state index is 12.0. The molecule has 2 aromatic rings. The molecule has 0 aliphatic heterocycles. The van der Waals surface area contributed by atoms with Crippen molar-refractivity contribution in [1.29, 1.82) is 0 Å². The van der Waals surface area contributed by atoms with Crippen LogP contribution >= 0.6 is 0 Å². The molecule has 0 heterocycles. The van der Waals surface area contributed by atoms with Crippen molar-refractivity contribution in [2.45, 2.75) is 18.2 Å². The van der Waals surface area contributed by atoms with Crippen LogP contribution in [0.4, 0.5) is 11.4 Å². The SMILES string of the molecule is CCc1cccc(NC(=O)C(=O)Nc2cccc([S@](C)=O)c2)c1. The van der Waals surface area contributed by atoms with Crippen LogP contribution in [-0.2, 0) is 26.8 Å². The number of anilines is 2. The number of amides is 2. The van der Waals surface area contributed by atoms with Gasteiger partial charge in [0.2, 0.25) is 0 Å². The van der Waals surface area contributed by atoms with Gasteiger partial charge in [-0.3, -0.25) is 13.8 Å². The number of hydrogen-bond acceptors (Lipinski definition) is 3. The van der Waals surface area contributed by atoms with Crippen LogP contribution in [0.25, 0.3) is 0 Å². The first-order valence-electron chi connectivity index (χ1n) is 7.14. The summed E-state index contributed by atoms with van der Waals surface area (Å²) in [6.07, 6.45) is 2.39. The molecule has 0 aliphatic rings. The smallest absolute Gasteiger partial charge is 0.314 e. The van der Waals surface area contributed by atoms with Crippen molar-refractivity contribution >= 4 is 34.0 Å². The molecule has 0 radical (unpaired) electrons. The lowest BCUT2D eigenvalue weighted by molar-refractivity contribution is -0.133. The summed E-state index contributed by atoms with van der Waals surface area (Å²) in [6.45, 7) is 2.01. The van der Waals surface area contributed by atoms with Crippen molar-refractivity contribution in [3.05, 3.63) is 54.1 Å². The molecule has 2 amide bonds. The van der Waals surface area contributed by atoms with E-state index in [-0.39, 0.29) is 0 Å². The molecule has 120 valence electrons. The Kier molecular flexibility index (Phi) is 5.65. The zero-order valence-electron chi connectivity index (χ0n) is 13.0. The van der Waals surface area contributed by atoms with Gasteiger partial charge in [-0.05, 0) is 42.3 Å². The van der Waals surface area contributed by atoms with E-state index in [2.05, 4.69) is 10.6 Å². The van der Waals surface area contributed by atoms with E-state index in [9.17, 15) is 13.8 Å². The fourth-order valence-corrected chi connectivity index (χ4v) is 2.56. The van der Waals surface area contributed by atoms with Crippen LogP contribution in [-0.4, -0.2) is 22.3 Å². The summed E-state index contributed by atoms with van der Waals surface area (Å²) in [5.74, 6) is -1.52. The minimum absolute atomic E-state index is 0.431. The molecule has 6 heteroatoms. The van der Waals surface area contributed by atoms with E-state index in [0.717, 1.165) is 12.0 Å². The monoisotopic (exact) mass is 330 g/mol. The van der Waals surface area contributed by atoms with E-state index in [1.54, 1.807) is 36.6 Å². The summed E-state index contributed by atoms with van der Waals surface area (Å²) in [7, 11) is -1.15. The second kappa shape index (κ2) is 7.69. The van der Waals surface area contributed by atoms with Gasteiger partial charge in [-0.1, -0.05) is 25.1 Å². The third kappa shape index (κ3) is 4.75.